The molecule has 0 saturated carbocycles. The number of imidazole rings is 1. The van der Waals surface area contributed by atoms with Crippen LogP contribution in [0.3, 0.4) is 0 Å². The number of hydrogen-bond donors (Lipinski definition) is 1. The second-order valence-corrected chi connectivity index (χ2v) is 4.70. The fourth-order valence-electron chi connectivity index (χ4n) is 2.59. The van der Waals surface area contributed by atoms with Crippen molar-refractivity contribution in [1.29, 1.82) is 0 Å². The Labute approximate surface area is 101 Å². The molecule has 2 N–H and O–H groups in total. The van der Waals surface area contributed by atoms with E-state index in [0.717, 1.165) is 29.9 Å². The van der Waals surface area contributed by atoms with Crippen LogP contribution in [0.25, 0.3) is 11.3 Å². The Hall–Kier alpha value is -1.77. The maximum absolute atomic E-state index is 5.83. The summed E-state index contributed by atoms with van der Waals surface area (Å²) in [6, 6.07) is 7.98. The lowest BCUT2D eigenvalue weighted by molar-refractivity contribution is 0.514. The molecule has 0 saturated heterocycles. The number of rotatable bonds is 1. The van der Waals surface area contributed by atoms with Crippen molar-refractivity contribution in [3.63, 3.8) is 0 Å². The smallest absolute Gasteiger partial charge is 0.109 e. The first-order valence-electron chi connectivity index (χ1n) is 6.17. The summed E-state index contributed by atoms with van der Waals surface area (Å²) in [6.45, 7) is 3.26. The highest BCUT2D eigenvalue weighted by atomic mass is 15.1. The molecular weight excluding hydrogens is 210 g/mol. The monoisotopic (exact) mass is 227 g/mol. The second kappa shape index (κ2) is 3.91. The zero-order valence-corrected chi connectivity index (χ0v) is 10.1. The van der Waals surface area contributed by atoms with Gasteiger partial charge in [0.2, 0.25) is 0 Å². The summed E-state index contributed by atoms with van der Waals surface area (Å²) in [5.41, 5.74) is 10.1. The minimum absolute atomic E-state index is 0.799. The van der Waals surface area contributed by atoms with E-state index in [0.29, 0.717) is 0 Å². The van der Waals surface area contributed by atoms with Crippen molar-refractivity contribution in [3.05, 3.63) is 35.8 Å². The molecule has 2 aromatic rings. The molecule has 1 aromatic heterocycles. The van der Waals surface area contributed by atoms with E-state index in [1.165, 1.54) is 24.4 Å². The Morgan fingerprint density at radius 3 is 2.94 bits per heavy atom. The van der Waals surface area contributed by atoms with Crippen LogP contribution in [0.2, 0.25) is 0 Å². The predicted octanol–water partition coefficient (Wildman–Crippen LogP) is 2.78. The average Bonchev–Trinajstić information content (AvgIpc) is 2.68. The molecule has 0 amide bonds. The van der Waals surface area contributed by atoms with Gasteiger partial charge in [-0.15, -0.1) is 0 Å². The van der Waals surface area contributed by atoms with Crippen LogP contribution >= 0.6 is 0 Å². The summed E-state index contributed by atoms with van der Waals surface area (Å²) in [5.74, 6) is 1.23. The predicted molar refractivity (Wildman–Crippen MR) is 69.8 cm³/mol. The van der Waals surface area contributed by atoms with E-state index in [1.54, 1.807) is 0 Å². The third-order valence-corrected chi connectivity index (χ3v) is 3.49. The quantitative estimate of drug-likeness (QED) is 0.761. The van der Waals surface area contributed by atoms with Crippen LogP contribution in [0.1, 0.15) is 24.4 Å². The van der Waals surface area contributed by atoms with Gasteiger partial charge in [0.1, 0.15) is 5.82 Å². The summed E-state index contributed by atoms with van der Waals surface area (Å²) in [4.78, 5) is 4.77. The van der Waals surface area contributed by atoms with Crippen molar-refractivity contribution < 1.29 is 0 Å². The van der Waals surface area contributed by atoms with E-state index in [1.807, 2.05) is 18.2 Å². The van der Waals surface area contributed by atoms with Crippen molar-refractivity contribution in [2.75, 3.05) is 5.73 Å². The fourth-order valence-corrected chi connectivity index (χ4v) is 2.59. The van der Waals surface area contributed by atoms with Gasteiger partial charge < -0.3 is 10.3 Å². The third-order valence-electron chi connectivity index (χ3n) is 3.49. The Morgan fingerprint density at radius 2 is 2.18 bits per heavy atom. The lowest BCUT2D eigenvalue weighted by atomic mass is 10.1. The largest absolute Gasteiger partial charge is 0.399 e. The number of aryl methyl sites for hydroxylation is 1. The van der Waals surface area contributed by atoms with Gasteiger partial charge in [-0.25, -0.2) is 4.98 Å². The highest BCUT2D eigenvalue weighted by molar-refractivity contribution is 5.66. The number of nitrogen functional groups attached to an aromatic ring is 1. The molecule has 2 heterocycles. The Morgan fingerprint density at radius 1 is 1.29 bits per heavy atom. The number of anilines is 1. The van der Waals surface area contributed by atoms with E-state index in [2.05, 4.69) is 17.6 Å². The molecule has 17 heavy (non-hydrogen) atoms. The molecule has 0 spiro atoms. The van der Waals surface area contributed by atoms with E-state index >= 15 is 0 Å². The summed E-state index contributed by atoms with van der Waals surface area (Å²) in [7, 11) is 0. The van der Waals surface area contributed by atoms with Crippen LogP contribution in [0.15, 0.2) is 24.3 Å². The van der Waals surface area contributed by atoms with Gasteiger partial charge in [0, 0.05) is 29.9 Å². The first kappa shape index (κ1) is 10.4. The molecule has 3 rings (SSSR count). The molecule has 0 radical (unpaired) electrons. The van der Waals surface area contributed by atoms with Crippen molar-refractivity contribution in [1.82, 2.24) is 9.55 Å². The SMILES string of the molecule is Cc1c(-c2cccc(N)c2)nc2n1CCCC2. The lowest BCUT2D eigenvalue weighted by Crippen LogP contribution is -2.11. The topological polar surface area (TPSA) is 43.8 Å². The zero-order valence-electron chi connectivity index (χ0n) is 10.1. The minimum Gasteiger partial charge on any atom is -0.399 e. The van der Waals surface area contributed by atoms with Crippen molar-refractivity contribution in [2.24, 2.45) is 0 Å². The zero-order chi connectivity index (χ0) is 11.8. The van der Waals surface area contributed by atoms with Gasteiger partial charge in [0.15, 0.2) is 0 Å². The molecule has 3 heteroatoms. The molecule has 0 bridgehead atoms. The number of nitrogens with zero attached hydrogens (tertiary/aromatic N) is 2. The standard InChI is InChI=1S/C14H17N3/c1-10-14(11-5-4-6-12(15)9-11)16-13-7-2-3-8-17(10)13/h4-6,9H,2-3,7-8,15H2,1H3. The van der Waals surface area contributed by atoms with Crippen molar-refractivity contribution in [2.45, 2.75) is 32.7 Å². The molecule has 0 aliphatic carbocycles. The molecule has 0 fully saturated rings. The molecule has 3 nitrogen and oxygen atoms in total. The first-order valence-corrected chi connectivity index (χ1v) is 6.17. The third kappa shape index (κ3) is 1.71. The fraction of sp³-hybridized carbons (Fsp3) is 0.357. The van der Waals surface area contributed by atoms with Crippen LogP contribution in [0, 0.1) is 6.92 Å². The number of aromatic nitrogens is 2. The maximum Gasteiger partial charge on any atom is 0.109 e. The summed E-state index contributed by atoms with van der Waals surface area (Å²) in [6.07, 6.45) is 3.62. The van der Waals surface area contributed by atoms with Crippen LogP contribution in [0.5, 0.6) is 0 Å². The molecule has 1 aliphatic rings. The van der Waals surface area contributed by atoms with E-state index in [4.69, 9.17) is 10.7 Å². The highest BCUT2D eigenvalue weighted by Gasteiger charge is 2.17. The van der Waals surface area contributed by atoms with E-state index < -0.39 is 0 Å². The Balaban J connectivity index is 2.12. The van der Waals surface area contributed by atoms with Gasteiger partial charge in [-0.3, -0.25) is 0 Å². The summed E-state index contributed by atoms with van der Waals surface area (Å²) < 4.78 is 2.35. The van der Waals surface area contributed by atoms with Crippen molar-refractivity contribution in [3.8, 4) is 11.3 Å². The average molecular weight is 227 g/mol. The highest BCUT2D eigenvalue weighted by Crippen LogP contribution is 2.27. The molecule has 0 unspecified atom stereocenters. The van der Waals surface area contributed by atoms with Crippen LogP contribution in [-0.2, 0) is 13.0 Å². The normalized spacial score (nSPS) is 14.6. The summed E-state index contributed by atoms with van der Waals surface area (Å²) >= 11 is 0. The molecule has 1 aliphatic heterocycles. The molecule has 88 valence electrons. The lowest BCUT2D eigenvalue weighted by Gasteiger charge is -2.14. The van der Waals surface area contributed by atoms with Crippen LogP contribution < -0.4 is 5.73 Å². The van der Waals surface area contributed by atoms with E-state index in [9.17, 15) is 0 Å². The molecule has 0 atom stereocenters. The van der Waals surface area contributed by atoms with Gasteiger partial charge >= 0.3 is 0 Å². The Bertz CT molecular complexity index is 555. The van der Waals surface area contributed by atoms with Crippen LogP contribution in [0.4, 0.5) is 5.69 Å². The van der Waals surface area contributed by atoms with Crippen molar-refractivity contribution >= 4 is 5.69 Å². The van der Waals surface area contributed by atoms with Gasteiger partial charge in [0.25, 0.3) is 0 Å². The van der Waals surface area contributed by atoms with Gasteiger partial charge in [0.05, 0.1) is 5.69 Å². The number of fused-ring (bicyclic) bond motifs is 1. The molecule has 1 aromatic carbocycles. The molecular formula is C14H17N3. The van der Waals surface area contributed by atoms with E-state index in [-0.39, 0.29) is 0 Å². The number of nitrogens with two attached hydrogens (primary N) is 1. The minimum atomic E-state index is 0.799. The van der Waals surface area contributed by atoms with Gasteiger partial charge in [-0.05, 0) is 31.9 Å². The van der Waals surface area contributed by atoms with Gasteiger partial charge in [-0.1, -0.05) is 12.1 Å². The second-order valence-electron chi connectivity index (χ2n) is 4.70. The number of hydrogen-bond acceptors (Lipinski definition) is 2. The maximum atomic E-state index is 5.83. The Kier molecular flexibility index (Phi) is 2.39. The summed E-state index contributed by atoms with van der Waals surface area (Å²) in [5, 5.41) is 0. The first-order chi connectivity index (χ1) is 8.25. The van der Waals surface area contributed by atoms with Crippen LogP contribution in [-0.4, -0.2) is 9.55 Å². The van der Waals surface area contributed by atoms with Gasteiger partial charge in [-0.2, -0.15) is 0 Å². The number of benzene rings is 1.